The Morgan fingerprint density at radius 3 is 2.80 bits per heavy atom. The molecule has 0 aromatic heterocycles. The zero-order valence-corrected chi connectivity index (χ0v) is 6.43. The number of hydrogen-bond donors (Lipinski definition) is 0. The number of rotatable bonds is 0. The molecule has 0 bridgehead atoms. The molecule has 0 spiro atoms. The quantitative estimate of drug-likeness (QED) is 0.468. The van der Waals surface area contributed by atoms with Crippen LogP contribution in [0.4, 0.5) is 0 Å². The van der Waals surface area contributed by atoms with Crippen LogP contribution in [0.25, 0.3) is 0 Å². The number of hydrogen-bond acceptors (Lipinski definition) is 1. The second kappa shape index (κ2) is 2.88. The van der Waals surface area contributed by atoms with E-state index in [1.54, 1.807) is 0 Å². The van der Waals surface area contributed by atoms with Crippen molar-refractivity contribution in [3.05, 3.63) is 12.2 Å². The molecule has 0 aliphatic heterocycles. The molecule has 0 N–H and O–H groups in total. The van der Waals surface area contributed by atoms with Crippen molar-refractivity contribution < 1.29 is 0 Å². The molecule has 0 radical (unpaired) electrons. The Morgan fingerprint density at radius 2 is 2.30 bits per heavy atom. The first-order valence-corrected chi connectivity index (χ1v) is 3.78. The largest absolute Gasteiger partial charge is 0.198 e. The van der Waals surface area contributed by atoms with Gasteiger partial charge in [-0.3, -0.25) is 0 Å². The highest BCUT2D eigenvalue weighted by molar-refractivity contribution is 5.05. The molecule has 1 heteroatoms. The van der Waals surface area contributed by atoms with E-state index in [0.29, 0.717) is 5.92 Å². The number of nitriles is 1. The minimum Gasteiger partial charge on any atom is -0.198 e. The predicted molar refractivity (Wildman–Crippen MR) is 41.3 cm³/mol. The van der Waals surface area contributed by atoms with Crippen LogP contribution in [-0.4, -0.2) is 0 Å². The van der Waals surface area contributed by atoms with Crippen LogP contribution in [0.3, 0.4) is 0 Å². The fourth-order valence-corrected chi connectivity index (χ4v) is 1.68. The minimum absolute atomic E-state index is 0.247. The lowest BCUT2D eigenvalue weighted by atomic mass is 9.81. The first kappa shape index (κ1) is 7.34. The summed E-state index contributed by atoms with van der Waals surface area (Å²) in [5.74, 6) is 0.919. The molecular weight excluding hydrogens is 122 g/mol. The molecular formula is C9H13N. The number of nitrogens with zero attached hydrogens (tertiary/aromatic N) is 1. The Hall–Kier alpha value is -0.770. The van der Waals surface area contributed by atoms with Crippen LogP contribution in [0.5, 0.6) is 0 Å². The molecule has 1 aliphatic rings. The van der Waals surface area contributed by atoms with E-state index < -0.39 is 0 Å². The van der Waals surface area contributed by atoms with Crippen molar-refractivity contribution in [2.75, 3.05) is 0 Å². The van der Waals surface area contributed by atoms with Gasteiger partial charge in [-0.25, -0.2) is 0 Å². The smallest absolute Gasteiger partial charge is 0.0659 e. The van der Waals surface area contributed by atoms with E-state index in [1.807, 2.05) is 0 Å². The van der Waals surface area contributed by atoms with Crippen molar-refractivity contribution >= 4 is 0 Å². The number of allylic oxidation sites excluding steroid dienone is 1. The lowest BCUT2D eigenvalue weighted by Gasteiger charge is -2.23. The van der Waals surface area contributed by atoms with Crippen LogP contribution < -0.4 is 0 Å². The van der Waals surface area contributed by atoms with Gasteiger partial charge in [0.15, 0.2) is 0 Å². The highest BCUT2D eigenvalue weighted by Gasteiger charge is 2.20. The van der Waals surface area contributed by atoms with Gasteiger partial charge in [0, 0.05) is 0 Å². The molecule has 0 saturated heterocycles. The Morgan fingerprint density at radius 1 is 1.60 bits per heavy atom. The Labute approximate surface area is 62.4 Å². The molecule has 2 atom stereocenters. The molecule has 10 heavy (non-hydrogen) atoms. The molecule has 0 heterocycles. The van der Waals surface area contributed by atoms with Crippen LogP contribution in [0.1, 0.15) is 26.2 Å². The van der Waals surface area contributed by atoms with E-state index in [-0.39, 0.29) is 5.92 Å². The molecule has 2 unspecified atom stereocenters. The summed E-state index contributed by atoms with van der Waals surface area (Å²) in [7, 11) is 0. The molecule has 1 rings (SSSR count). The predicted octanol–water partition coefficient (Wildman–Crippen LogP) is 2.50. The maximum absolute atomic E-state index is 8.64. The fourth-order valence-electron chi connectivity index (χ4n) is 1.68. The third kappa shape index (κ3) is 1.60. The van der Waals surface area contributed by atoms with Crippen molar-refractivity contribution in [1.82, 2.24) is 0 Å². The van der Waals surface area contributed by atoms with Crippen LogP contribution >= 0.6 is 0 Å². The van der Waals surface area contributed by atoms with Gasteiger partial charge in [-0.05, 0) is 25.2 Å². The highest BCUT2D eigenvalue weighted by Crippen LogP contribution is 2.30. The van der Waals surface area contributed by atoms with Crippen molar-refractivity contribution in [1.29, 1.82) is 5.26 Å². The Bertz CT molecular complexity index is 176. The Kier molecular flexibility index (Phi) is 2.11. The molecule has 1 fully saturated rings. The molecule has 1 saturated carbocycles. The standard InChI is InChI=1S/C9H13N/c1-7-3-8(2)5-9(4-7)6-10/h8-9H,1,3-5H2,2H3. The summed E-state index contributed by atoms with van der Waals surface area (Å²) in [4.78, 5) is 0. The van der Waals surface area contributed by atoms with Gasteiger partial charge in [-0.15, -0.1) is 0 Å². The Balaban J connectivity index is 2.52. The van der Waals surface area contributed by atoms with E-state index in [9.17, 15) is 0 Å². The van der Waals surface area contributed by atoms with E-state index in [1.165, 1.54) is 5.57 Å². The zero-order chi connectivity index (χ0) is 7.56. The summed E-state index contributed by atoms with van der Waals surface area (Å²) < 4.78 is 0. The van der Waals surface area contributed by atoms with E-state index in [0.717, 1.165) is 19.3 Å². The monoisotopic (exact) mass is 135 g/mol. The average Bonchev–Trinajstić information content (AvgIpc) is 1.85. The van der Waals surface area contributed by atoms with Gasteiger partial charge in [0.25, 0.3) is 0 Å². The zero-order valence-electron chi connectivity index (χ0n) is 6.43. The molecule has 0 aromatic carbocycles. The van der Waals surface area contributed by atoms with Crippen molar-refractivity contribution in [3.63, 3.8) is 0 Å². The molecule has 1 aliphatic carbocycles. The van der Waals surface area contributed by atoms with Gasteiger partial charge in [0.1, 0.15) is 0 Å². The van der Waals surface area contributed by atoms with Gasteiger partial charge < -0.3 is 0 Å². The second-order valence-electron chi connectivity index (χ2n) is 3.33. The summed E-state index contributed by atoms with van der Waals surface area (Å²) >= 11 is 0. The molecule has 0 aromatic rings. The second-order valence-corrected chi connectivity index (χ2v) is 3.33. The van der Waals surface area contributed by atoms with E-state index >= 15 is 0 Å². The van der Waals surface area contributed by atoms with Crippen molar-refractivity contribution in [3.8, 4) is 6.07 Å². The van der Waals surface area contributed by atoms with Crippen LogP contribution in [-0.2, 0) is 0 Å². The fraction of sp³-hybridized carbons (Fsp3) is 0.667. The normalized spacial score (nSPS) is 33.4. The summed E-state index contributed by atoms with van der Waals surface area (Å²) in [6.07, 6.45) is 3.12. The summed E-state index contributed by atoms with van der Waals surface area (Å²) in [6.45, 7) is 6.10. The summed E-state index contributed by atoms with van der Waals surface area (Å²) in [6, 6.07) is 2.30. The summed E-state index contributed by atoms with van der Waals surface area (Å²) in [5, 5.41) is 8.64. The van der Waals surface area contributed by atoms with E-state index in [4.69, 9.17) is 5.26 Å². The topological polar surface area (TPSA) is 23.8 Å². The first-order valence-electron chi connectivity index (χ1n) is 3.78. The lowest BCUT2D eigenvalue weighted by Crippen LogP contribution is -2.12. The first-order chi connectivity index (χ1) is 4.72. The van der Waals surface area contributed by atoms with Gasteiger partial charge in [-0.2, -0.15) is 5.26 Å². The van der Waals surface area contributed by atoms with Gasteiger partial charge in [-0.1, -0.05) is 19.1 Å². The molecule has 54 valence electrons. The third-order valence-corrected chi connectivity index (χ3v) is 2.04. The van der Waals surface area contributed by atoms with E-state index in [2.05, 4.69) is 19.6 Å². The summed E-state index contributed by atoms with van der Waals surface area (Å²) in [5.41, 5.74) is 1.25. The average molecular weight is 135 g/mol. The van der Waals surface area contributed by atoms with Crippen LogP contribution in [0.15, 0.2) is 12.2 Å². The maximum Gasteiger partial charge on any atom is 0.0659 e. The van der Waals surface area contributed by atoms with Gasteiger partial charge in [0.05, 0.1) is 12.0 Å². The maximum atomic E-state index is 8.64. The van der Waals surface area contributed by atoms with Crippen molar-refractivity contribution in [2.45, 2.75) is 26.2 Å². The third-order valence-electron chi connectivity index (χ3n) is 2.04. The van der Waals surface area contributed by atoms with Crippen LogP contribution in [0.2, 0.25) is 0 Å². The highest BCUT2D eigenvalue weighted by atomic mass is 14.3. The molecule has 0 amide bonds. The molecule has 1 nitrogen and oxygen atoms in total. The van der Waals surface area contributed by atoms with Gasteiger partial charge >= 0.3 is 0 Å². The van der Waals surface area contributed by atoms with Crippen LogP contribution in [0, 0.1) is 23.2 Å². The minimum atomic E-state index is 0.247. The van der Waals surface area contributed by atoms with Gasteiger partial charge in [0.2, 0.25) is 0 Å². The SMILES string of the molecule is C=C1CC(C)CC(C#N)C1. The van der Waals surface area contributed by atoms with Crippen molar-refractivity contribution in [2.24, 2.45) is 11.8 Å². The lowest BCUT2D eigenvalue weighted by molar-refractivity contribution is 0.393.